The molecule has 0 fully saturated rings. The maximum absolute atomic E-state index is 12.6. The largest absolute Gasteiger partial charge is 0.416 e. The van der Waals surface area contributed by atoms with Crippen molar-refractivity contribution >= 4 is 17.5 Å². The van der Waals surface area contributed by atoms with Gasteiger partial charge in [0.2, 0.25) is 0 Å². The highest BCUT2D eigenvalue weighted by molar-refractivity contribution is 5.98. The normalized spacial score (nSPS) is 13.6. The number of hydrogen-bond donors (Lipinski definition) is 4. The van der Waals surface area contributed by atoms with Crippen molar-refractivity contribution < 1.29 is 33.0 Å². The summed E-state index contributed by atoms with van der Waals surface area (Å²) >= 11 is 0. The van der Waals surface area contributed by atoms with Gasteiger partial charge >= 0.3 is 6.18 Å². The van der Waals surface area contributed by atoms with Crippen molar-refractivity contribution in [1.29, 1.82) is 0 Å². The van der Waals surface area contributed by atoms with Crippen molar-refractivity contribution in [1.82, 2.24) is 5.32 Å². The van der Waals surface area contributed by atoms with Gasteiger partial charge in [0.05, 0.1) is 5.56 Å². The van der Waals surface area contributed by atoms with Crippen LogP contribution in [0.25, 0.3) is 11.1 Å². The van der Waals surface area contributed by atoms with Gasteiger partial charge < -0.3 is 20.8 Å². The molecule has 0 aromatic heterocycles. The minimum Gasteiger partial charge on any atom is -0.380 e. The Morgan fingerprint density at radius 2 is 1.30 bits per heavy atom. The van der Waals surface area contributed by atoms with Gasteiger partial charge in [-0.2, -0.15) is 13.2 Å². The molecule has 2 rings (SSSR count). The van der Waals surface area contributed by atoms with Gasteiger partial charge in [-0.1, -0.05) is 24.3 Å². The predicted octanol–water partition coefficient (Wildman–Crippen LogP) is 1.78. The highest BCUT2D eigenvalue weighted by Crippen LogP contribution is 2.31. The molecule has 144 valence electrons. The Balaban J connectivity index is 2.07. The lowest BCUT2D eigenvalue weighted by atomic mass is 10.0. The Morgan fingerprint density at radius 1 is 0.852 bits per heavy atom. The molecule has 0 unspecified atom stereocenters. The van der Waals surface area contributed by atoms with Crippen LogP contribution in [-0.4, -0.2) is 41.3 Å². The molecule has 9 heteroatoms. The SMILES string of the molecule is CNC(=O)[C@H](O)[C@@H](O)C(=O)Nc1ccc(-c2ccc(C(F)(F)F)cc2)cc1. The summed E-state index contributed by atoms with van der Waals surface area (Å²) in [7, 11) is 1.25. The fraction of sp³-hybridized carbons (Fsp3) is 0.222. The summed E-state index contributed by atoms with van der Waals surface area (Å²) in [5, 5.41) is 23.6. The second-order valence-corrected chi connectivity index (χ2v) is 5.65. The minimum absolute atomic E-state index is 0.277. The highest BCUT2D eigenvalue weighted by atomic mass is 19.4. The van der Waals surface area contributed by atoms with Crippen LogP contribution in [0, 0.1) is 0 Å². The van der Waals surface area contributed by atoms with Gasteiger partial charge in [-0.05, 0) is 35.4 Å². The maximum atomic E-state index is 12.6. The number of nitrogens with one attached hydrogen (secondary N) is 2. The number of carbonyl (C=O) groups excluding carboxylic acids is 2. The van der Waals surface area contributed by atoms with Crippen molar-refractivity contribution in [2.75, 3.05) is 12.4 Å². The first-order valence-electron chi connectivity index (χ1n) is 7.80. The third-order valence-corrected chi connectivity index (χ3v) is 3.78. The zero-order chi connectivity index (χ0) is 20.2. The van der Waals surface area contributed by atoms with Crippen LogP contribution in [0.2, 0.25) is 0 Å². The number of hydrogen-bond acceptors (Lipinski definition) is 4. The summed E-state index contributed by atoms with van der Waals surface area (Å²) < 4.78 is 37.8. The standard InChI is InChI=1S/C18H17F3N2O4/c1-22-16(26)14(24)15(25)17(27)23-13-8-4-11(5-9-13)10-2-6-12(7-3-10)18(19,20)21/h2-9,14-15,24-25H,1H3,(H,22,26)(H,23,27)/t14-,15-/m1/s1. The first kappa shape index (κ1) is 20.4. The van der Waals surface area contributed by atoms with Gasteiger partial charge in [-0.25, -0.2) is 0 Å². The molecule has 0 saturated heterocycles. The summed E-state index contributed by atoms with van der Waals surface area (Å²) in [6.07, 6.45) is -8.28. The molecule has 2 aromatic carbocycles. The molecular weight excluding hydrogens is 365 g/mol. The van der Waals surface area contributed by atoms with Crippen molar-refractivity contribution in [3.8, 4) is 11.1 Å². The van der Waals surface area contributed by atoms with Crippen LogP contribution in [0.1, 0.15) is 5.56 Å². The molecule has 2 amide bonds. The zero-order valence-corrected chi connectivity index (χ0v) is 14.1. The topological polar surface area (TPSA) is 98.7 Å². The van der Waals surface area contributed by atoms with E-state index in [0.29, 0.717) is 11.1 Å². The van der Waals surface area contributed by atoms with Gasteiger partial charge in [0.25, 0.3) is 11.8 Å². The summed E-state index contributed by atoms with van der Waals surface area (Å²) in [5.74, 6) is -1.89. The van der Waals surface area contributed by atoms with E-state index in [1.807, 2.05) is 0 Å². The molecule has 0 heterocycles. The maximum Gasteiger partial charge on any atom is 0.416 e. The summed E-state index contributed by atoms with van der Waals surface area (Å²) in [6.45, 7) is 0. The molecule has 2 atom stereocenters. The van der Waals surface area contributed by atoms with Crippen LogP contribution >= 0.6 is 0 Å². The van der Waals surface area contributed by atoms with Crippen molar-refractivity contribution in [3.05, 3.63) is 54.1 Å². The van der Waals surface area contributed by atoms with Gasteiger partial charge in [0, 0.05) is 12.7 Å². The smallest absolute Gasteiger partial charge is 0.380 e. The molecular formula is C18H17F3N2O4. The Labute approximate surface area is 152 Å². The van der Waals surface area contributed by atoms with Gasteiger partial charge in [-0.3, -0.25) is 9.59 Å². The number of anilines is 1. The van der Waals surface area contributed by atoms with E-state index in [1.165, 1.54) is 31.3 Å². The van der Waals surface area contributed by atoms with Crippen LogP contribution < -0.4 is 10.6 Å². The molecule has 0 spiro atoms. The van der Waals surface area contributed by atoms with Crippen LogP contribution in [-0.2, 0) is 15.8 Å². The molecule has 0 aliphatic heterocycles. The van der Waals surface area contributed by atoms with Crippen molar-refractivity contribution in [2.45, 2.75) is 18.4 Å². The van der Waals surface area contributed by atoms with E-state index in [2.05, 4.69) is 10.6 Å². The van der Waals surface area contributed by atoms with Crippen molar-refractivity contribution in [3.63, 3.8) is 0 Å². The van der Waals surface area contributed by atoms with Gasteiger partial charge in [0.1, 0.15) is 0 Å². The lowest BCUT2D eigenvalue weighted by molar-refractivity contribution is -0.142. The number of likely N-dealkylation sites (N-methyl/N-ethyl adjacent to an activating group) is 1. The molecule has 0 aliphatic carbocycles. The Hall–Kier alpha value is -2.91. The summed E-state index contributed by atoms with van der Waals surface area (Å²) in [5.41, 5.74) is 0.696. The third kappa shape index (κ3) is 5.05. The first-order chi connectivity index (χ1) is 12.6. The second kappa shape index (κ2) is 8.19. The average molecular weight is 382 g/mol. The molecule has 27 heavy (non-hydrogen) atoms. The zero-order valence-electron chi connectivity index (χ0n) is 14.1. The van der Waals surface area contributed by atoms with Crippen LogP contribution in [0.4, 0.5) is 18.9 Å². The van der Waals surface area contributed by atoms with Crippen LogP contribution in [0.3, 0.4) is 0 Å². The summed E-state index contributed by atoms with van der Waals surface area (Å²) in [6, 6.07) is 10.7. The number of alkyl halides is 3. The number of carbonyl (C=O) groups is 2. The van der Waals surface area contributed by atoms with E-state index in [4.69, 9.17) is 0 Å². The van der Waals surface area contributed by atoms with Gasteiger partial charge in [0.15, 0.2) is 12.2 Å². The molecule has 2 aromatic rings. The van der Waals surface area contributed by atoms with E-state index in [0.717, 1.165) is 12.1 Å². The monoisotopic (exact) mass is 382 g/mol. The third-order valence-electron chi connectivity index (χ3n) is 3.78. The Kier molecular flexibility index (Phi) is 6.19. The lowest BCUT2D eigenvalue weighted by Crippen LogP contribution is -2.46. The molecule has 6 nitrogen and oxygen atoms in total. The Bertz CT molecular complexity index is 805. The number of aliphatic hydroxyl groups excluding tert-OH is 2. The number of aliphatic hydroxyl groups is 2. The van der Waals surface area contributed by atoms with E-state index in [1.54, 1.807) is 12.1 Å². The van der Waals surface area contributed by atoms with E-state index >= 15 is 0 Å². The molecule has 0 saturated carbocycles. The van der Waals surface area contributed by atoms with E-state index < -0.39 is 35.8 Å². The van der Waals surface area contributed by atoms with Crippen LogP contribution in [0.5, 0.6) is 0 Å². The minimum atomic E-state index is -4.41. The number of rotatable bonds is 5. The quantitative estimate of drug-likeness (QED) is 0.634. The number of halogens is 3. The average Bonchev–Trinajstić information content (AvgIpc) is 2.66. The predicted molar refractivity (Wildman–Crippen MR) is 91.6 cm³/mol. The first-order valence-corrected chi connectivity index (χ1v) is 7.80. The summed E-state index contributed by atoms with van der Waals surface area (Å²) in [4.78, 5) is 23.1. The lowest BCUT2D eigenvalue weighted by Gasteiger charge is -2.16. The molecule has 0 bridgehead atoms. The highest BCUT2D eigenvalue weighted by Gasteiger charge is 2.30. The van der Waals surface area contributed by atoms with E-state index in [9.17, 15) is 33.0 Å². The molecule has 0 radical (unpaired) electrons. The van der Waals surface area contributed by atoms with Gasteiger partial charge in [-0.15, -0.1) is 0 Å². The molecule has 4 N–H and O–H groups in total. The molecule has 0 aliphatic rings. The Morgan fingerprint density at radius 3 is 1.74 bits per heavy atom. The van der Waals surface area contributed by atoms with E-state index in [-0.39, 0.29) is 5.69 Å². The van der Waals surface area contributed by atoms with Crippen molar-refractivity contribution in [2.24, 2.45) is 0 Å². The van der Waals surface area contributed by atoms with Crippen LogP contribution in [0.15, 0.2) is 48.5 Å². The fourth-order valence-electron chi connectivity index (χ4n) is 2.25. The fourth-order valence-corrected chi connectivity index (χ4v) is 2.25. The second-order valence-electron chi connectivity index (χ2n) is 5.65. The number of amides is 2. The number of benzene rings is 2.